The molecule has 0 heterocycles. The lowest BCUT2D eigenvalue weighted by molar-refractivity contribution is -0.385. The number of rotatable bonds is 6. The Kier molecular flexibility index (Phi) is 6.15. The summed E-state index contributed by atoms with van der Waals surface area (Å²) in [6, 6.07) is 20.8. The standard InChI is InChI=1S/C22H16N4O4/c23-14-15-5-3-8-18(11-15)25-22(28)17-7-4-9-19(12-17)24-21(27)13-16-6-1-2-10-20(16)26(29)30/h1-12H,13H2,(H,24,27)(H,25,28). The van der Waals surface area contributed by atoms with Gasteiger partial charge in [0.15, 0.2) is 0 Å². The molecule has 3 aromatic carbocycles. The van der Waals surface area contributed by atoms with Gasteiger partial charge in [0, 0.05) is 28.6 Å². The quantitative estimate of drug-likeness (QED) is 0.479. The molecule has 0 bridgehead atoms. The number of hydrogen-bond acceptors (Lipinski definition) is 5. The molecular formula is C22H16N4O4. The minimum atomic E-state index is -0.533. The van der Waals surface area contributed by atoms with Gasteiger partial charge >= 0.3 is 0 Å². The Hall–Kier alpha value is -4.51. The highest BCUT2D eigenvalue weighted by Crippen LogP contribution is 2.19. The van der Waals surface area contributed by atoms with Crippen LogP contribution in [0.2, 0.25) is 0 Å². The van der Waals surface area contributed by atoms with E-state index in [1.807, 2.05) is 6.07 Å². The second-order valence-corrected chi connectivity index (χ2v) is 6.34. The van der Waals surface area contributed by atoms with Crippen LogP contribution in [0.5, 0.6) is 0 Å². The van der Waals surface area contributed by atoms with Crippen molar-refractivity contribution in [2.75, 3.05) is 10.6 Å². The van der Waals surface area contributed by atoms with E-state index >= 15 is 0 Å². The van der Waals surface area contributed by atoms with Gasteiger partial charge in [0.05, 0.1) is 23.0 Å². The van der Waals surface area contributed by atoms with Crippen molar-refractivity contribution in [3.05, 3.63) is 99.6 Å². The second-order valence-electron chi connectivity index (χ2n) is 6.34. The predicted octanol–water partition coefficient (Wildman–Crippen LogP) is 3.90. The molecule has 0 aliphatic heterocycles. The fourth-order valence-corrected chi connectivity index (χ4v) is 2.82. The van der Waals surface area contributed by atoms with Crippen LogP contribution in [-0.4, -0.2) is 16.7 Å². The van der Waals surface area contributed by atoms with Crippen LogP contribution in [0.25, 0.3) is 0 Å². The fraction of sp³-hybridized carbons (Fsp3) is 0.0455. The number of nitrogens with zero attached hydrogens (tertiary/aromatic N) is 2. The van der Waals surface area contributed by atoms with E-state index in [9.17, 15) is 19.7 Å². The summed E-state index contributed by atoms with van der Waals surface area (Å²) in [6.07, 6.45) is -0.172. The highest BCUT2D eigenvalue weighted by atomic mass is 16.6. The highest BCUT2D eigenvalue weighted by Gasteiger charge is 2.16. The van der Waals surface area contributed by atoms with Crippen LogP contribution in [0, 0.1) is 21.4 Å². The molecule has 2 N–H and O–H groups in total. The summed E-state index contributed by atoms with van der Waals surface area (Å²) in [4.78, 5) is 35.4. The van der Waals surface area contributed by atoms with Gasteiger partial charge in [-0.15, -0.1) is 0 Å². The summed E-state index contributed by atoms with van der Waals surface area (Å²) in [5, 5.41) is 25.4. The molecule has 30 heavy (non-hydrogen) atoms. The minimum absolute atomic E-state index is 0.125. The normalized spacial score (nSPS) is 9.97. The van der Waals surface area contributed by atoms with Crippen molar-refractivity contribution in [3.63, 3.8) is 0 Å². The molecule has 0 unspecified atom stereocenters. The van der Waals surface area contributed by atoms with E-state index in [0.717, 1.165) is 0 Å². The number of amides is 2. The van der Waals surface area contributed by atoms with Gasteiger partial charge in [-0.25, -0.2) is 0 Å². The first-order valence-corrected chi connectivity index (χ1v) is 8.90. The van der Waals surface area contributed by atoms with Crippen LogP contribution in [-0.2, 0) is 11.2 Å². The SMILES string of the molecule is N#Cc1cccc(NC(=O)c2cccc(NC(=O)Cc3ccccc3[N+](=O)[O-])c2)c1. The molecule has 3 rings (SSSR count). The fourth-order valence-electron chi connectivity index (χ4n) is 2.82. The highest BCUT2D eigenvalue weighted by molar-refractivity contribution is 6.05. The van der Waals surface area contributed by atoms with Crippen molar-refractivity contribution in [3.8, 4) is 6.07 Å². The Bertz CT molecular complexity index is 1170. The molecule has 0 spiro atoms. The number of anilines is 2. The predicted molar refractivity (Wildman–Crippen MR) is 111 cm³/mol. The van der Waals surface area contributed by atoms with Gasteiger partial charge in [-0.1, -0.05) is 30.3 Å². The number of hydrogen-bond donors (Lipinski definition) is 2. The zero-order valence-electron chi connectivity index (χ0n) is 15.7. The van der Waals surface area contributed by atoms with E-state index in [0.29, 0.717) is 28.1 Å². The van der Waals surface area contributed by atoms with Crippen molar-refractivity contribution in [2.24, 2.45) is 0 Å². The number of nitriles is 1. The lowest BCUT2D eigenvalue weighted by atomic mass is 10.1. The second kappa shape index (κ2) is 9.12. The molecule has 2 amide bonds. The largest absolute Gasteiger partial charge is 0.326 e. The Labute approximate surface area is 171 Å². The van der Waals surface area contributed by atoms with Crippen molar-refractivity contribution in [2.45, 2.75) is 6.42 Å². The lowest BCUT2D eigenvalue weighted by Gasteiger charge is -2.09. The smallest absolute Gasteiger partial charge is 0.273 e. The van der Waals surface area contributed by atoms with Gasteiger partial charge in [-0.05, 0) is 36.4 Å². The van der Waals surface area contributed by atoms with Gasteiger partial charge in [0.2, 0.25) is 5.91 Å². The number of nitro benzene ring substituents is 1. The Morgan fingerprint density at radius 2 is 1.63 bits per heavy atom. The monoisotopic (exact) mass is 400 g/mol. The molecule has 8 heteroatoms. The third kappa shape index (κ3) is 5.05. The van der Waals surface area contributed by atoms with Crippen LogP contribution < -0.4 is 10.6 Å². The summed E-state index contributed by atoms with van der Waals surface area (Å²) < 4.78 is 0. The maximum atomic E-state index is 12.5. The third-order valence-electron chi connectivity index (χ3n) is 4.20. The number of carbonyl (C=O) groups excluding carboxylic acids is 2. The van der Waals surface area contributed by atoms with E-state index in [1.165, 1.54) is 24.3 Å². The molecule has 8 nitrogen and oxygen atoms in total. The molecule has 0 saturated heterocycles. The first-order chi connectivity index (χ1) is 14.5. The van der Waals surface area contributed by atoms with Crippen LogP contribution in [0.1, 0.15) is 21.5 Å². The van der Waals surface area contributed by atoms with Crippen molar-refractivity contribution >= 4 is 28.9 Å². The number of para-hydroxylation sites is 1. The molecule has 0 atom stereocenters. The Morgan fingerprint density at radius 3 is 2.37 bits per heavy atom. The summed E-state index contributed by atoms with van der Waals surface area (Å²) in [7, 11) is 0. The number of nitrogens with one attached hydrogen (secondary N) is 2. The number of carbonyl (C=O) groups is 2. The first-order valence-electron chi connectivity index (χ1n) is 8.90. The lowest BCUT2D eigenvalue weighted by Crippen LogP contribution is -2.16. The molecule has 3 aromatic rings. The van der Waals surface area contributed by atoms with Gasteiger partial charge in [-0.3, -0.25) is 19.7 Å². The van der Waals surface area contributed by atoms with E-state index < -0.39 is 16.7 Å². The van der Waals surface area contributed by atoms with E-state index in [-0.39, 0.29) is 12.1 Å². The topological polar surface area (TPSA) is 125 Å². The van der Waals surface area contributed by atoms with Crippen molar-refractivity contribution in [1.82, 2.24) is 0 Å². The molecule has 0 saturated carbocycles. The van der Waals surface area contributed by atoms with E-state index in [1.54, 1.807) is 48.5 Å². The van der Waals surface area contributed by atoms with Gasteiger partial charge in [0.25, 0.3) is 11.6 Å². The van der Waals surface area contributed by atoms with Crippen molar-refractivity contribution in [1.29, 1.82) is 5.26 Å². The number of nitro groups is 1. The molecule has 148 valence electrons. The van der Waals surface area contributed by atoms with Crippen molar-refractivity contribution < 1.29 is 14.5 Å². The Morgan fingerprint density at radius 1 is 0.933 bits per heavy atom. The third-order valence-corrected chi connectivity index (χ3v) is 4.20. The molecule has 0 aromatic heterocycles. The van der Waals surface area contributed by atoms with Crippen LogP contribution >= 0.6 is 0 Å². The molecule has 0 radical (unpaired) electrons. The zero-order chi connectivity index (χ0) is 21.5. The van der Waals surface area contributed by atoms with Gasteiger partial charge in [-0.2, -0.15) is 5.26 Å². The number of benzene rings is 3. The van der Waals surface area contributed by atoms with E-state index in [4.69, 9.17) is 5.26 Å². The van der Waals surface area contributed by atoms with E-state index in [2.05, 4.69) is 10.6 Å². The first kappa shape index (κ1) is 20.2. The summed E-state index contributed by atoms with van der Waals surface area (Å²) in [6.45, 7) is 0. The molecule has 0 fully saturated rings. The Balaban J connectivity index is 1.69. The summed E-state index contributed by atoms with van der Waals surface area (Å²) in [5.41, 5.74) is 1.76. The average molecular weight is 400 g/mol. The molecule has 0 aliphatic rings. The zero-order valence-corrected chi connectivity index (χ0v) is 15.7. The summed E-state index contributed by atoms with van der Waals surface area (Å²) >= 11 is 0. The average Bonchev–Trinajstić information content (AvgIpc) is 2.74. The maximum absolute atomic E-state index is 12.5. The summed E-state index contributed by atoms with van der Waals surface area (Å²) in [5.74, 6) is -0.844. The van der Waals surface area contributed by atoms with Gasteiger partial charge in [0.1, 0.15) is 0 Å². The minimum Gasteiger partial charge on any atom is -0.326 e. The van der Waals surface area contributed by atoms with Crippen LogP contribution in [0.15, 0.2) is 72.8 Å². The molecule has 0 aliphatic carbocycles. The van der Waals surface area contributed by atoms with Crippen LogP contribution in [0.4, 0.5) is 17.1 Å². The maximum Gasteiger partial charge on any atom is 0.273 e. The van der Waals surface area contributed by atoms with Crippen LogP contribution in [0.3, 0.4) is 0 Å². The molecular weight excluding hydrogens is 384 g/mol. The van der Waals surface area contributed by atoms with Gasteiger partial charge < -0.3 is 10.6 Å².